The van der Waals surface area contributed by atoms with Crippen LogP contribution >= 0.6 is 0 Å². The first-order valence-electron chi connectivity index (χ1n) is 6.44. The van der Waals surface area contributed by atoms with Crippen molar-refractivity contribution in [3.05, 3.63) is 23.8 Å². The Kier molecular flexibility index (Phi) is 3.92. The number of piperidine rings is 1. The molecule has 4 nitrogen and oxygen atoms in total. The summed E-state index contributed by atoms with van der Waals surface area (Å²) in [5, 5.41) is 0. The van der Waals surface area contributed by atoms with Crippen molar-refractivity contribution in [3.8, 4) is 0 Å². The summed E-state index contributed by atoms with van der Waals surface area (Å²) in [5.74, 6) is 0. The Morgan fingerprint density at radius 1 is 1.22 bits per heavy atom. The Morgan fingerprint density at radius 2 is 1.89 bits per heavy atom. The minimum atomic E-state index is -3.37. The van der Waals surface area contributed by atoms with Crippen molar-refractivity contribution in [1.82, 2.24) is 4.31 Å². The lowest BCUT2D eigenvalue weighted by molar-refractivity contribution is 0.346. The Bertz CT molecular complexity index is 520. The Morgan fingerprint density at radius 3 is 2.50 bits per heavy atom. The lowest BCUT2D eigenvalue weighted by atomic mass is 10.1. The number of nitrogens with zero attached hydrogens (tertiary/aromatic N) is 1. The highest BCUT2D eigenvalue weighted by Crippen LogP contribution is 2.25. The van der Waals surface area contributed by atoms with Crippen molar-refractivity contribution < 1.29 is 8.42 Å². The quantitative estimate of drug-likeness (QED) is 0.853. The van der Waals surface area contributed by atoms with E-state index >= 15 is 0 Å². The van der Waals surface area contributed by atoms with E-state index in [4.69, 9.17) is 5.73 Å². The van der Waals surface area contributed by atoms with Crippen LogP contribution in [0.4, 0.5) is 5.69 Å². The maximum Gasteiger partial charge on any atom is 0.243 e. The van der Waals surface area contributed by atoms with Gasteiger partial charge in [0, 0.05) is 18.8 Å². The minimum Gasteiger partial charge on any atom is -0.399 e. The number of nitrogen functional groups attached to an aromatic ring is 1. The van der Waals surface area contributed by atoms with E-state index in [-0.39, 0.29) is 0 Å². The van der Waals surface area contributed by atoms with Gasteiger partial charge in [-0.05, 0) is 37.0 Å². The summed E-state index contributed by atoms with van der Waals surface area (Å²) in [6, 6.07) is 5.16. The maximum atomic E-state index is 12.6. The van der Waals surface area contributed by atoms with E-state index in [0.29, 0.717) is 30.1 Å². The fourth-order valence-electron chi connectivity index (χ4n) is 2.35. The van der Waals surface area contributed by atoms with Crippen LogP contribution in [0.15, 0.2) is 23.1 Å². The second-order valence-electron chi connectivity index (χ2n) is 4.69. The zero-order valence-electron chi connectivity index (χ0n) is 10.7. The van der Waals surface area contributed by atoms with Crippen LogP contribution in [0.1, 0.15) is 31.7 Å². The molecular formula is C13H20N2O2S. The predicted octanol–water partition coefficient (Wildman–Crippen LogP) is 2.01. The van der Waals surface area contributed by atoms with Crippen LogP contribution in [0.25, 0.3) is 0 Å². The number of rotatable bonds is 3. The van der Waals surface area contributed by atoms with E-state index in [1.807, 2.05) is 13.0 Å². The molecule has 2 N–H and O–H groups in total. The molecule has 18 heavy (non-hydrogen) atoms. The van der Waals surface area contributed by atoms with E-state index in [2.05, 4.69) is 0 Å². The Hall–Kier alpha value is -1.07. The fraction of sp³-hybridized carbons (Fsp3) is 0.538. The fourth-order valence-corrected chi connectivity index (χ4v) is 4.19. The number of nitrogens with two attached hydrogens (primary N) is 1. The van der Waals surface area contributed by atoms with Crippen LogP contribution in [0.2, 0.25) is 0 Å². The molecule has 0 unspecified atom stereocenters. The number of sulfonamides is 1. The van der Waals surface area contributed by atoms with Gasteiger partial charge in [-0.2, -0.15) is 4.31 Å². The molecule has 0 amide bonds. The van der Waals surface area contributed by atoms with E-state index < -0.39 is 10.0 Å². The van der Waals surface area contributed by atoms with Crippen LogP contribution in [0.3, 0.4) is 0 Å². The Labute approximate surface area is 109 Å². The van der Waals surface area contributed by atoms with Crippen molar-refractivity contribution in [3.63, 3.8) is 0 Å². The highest BCUT2D eigenvalue weighted by atomic mass is 32.2. The van der Waals surface area contributed by atoms with Crippen LogP contribution in [0, 0.1) is 0 Å². The molecule has 0 saturated carbocycles. The zero-order chi connectivity index (χ0) is 13.2. The molecule has 0 aromatic heterocycles. The van der Waals surface area contributed by atoms with E-state index in [0.717, 1.165) is 24.8 Å². The van der Waals surface area contributed by atoms with Crippen LogP contribution in [0.5, 0.6) is 0 Å². The summed E-state index contributed by atoms with van der Waals surface area (Å²) in [7, 11) is -3.37. The first kappa shape index (κ1) is 13.4. The molecule has 1 heterocycles. The molecule has 1 aromatic rings. The summed E-state index contributed by atoms with van der Waals surface area (Å²) < 4.78 is 26.8. The molecule has 1 aliphatic heterocycles. The van der Waals surface area contributed by atoms with E-state index in [1.165, 1.54) is 0 Å². The van der Waals surface area contributed by atoms with Crippen molar-refractivity contribution in [2.75, 3.05) is 18.8 Å². The molecular weight excluding hydrogens is 248 g/mol. The van der Waals surface area contributed by atoms with Crippen LogP contribution in [-0.4, -0.2) is 25.8 Å². The second kappa shape index (κ2) is 5.28. The molecule has 100 valence electrons. The zero-order valence-corrected chi connectivity index (χ0v) is 11.5. The first-order valence-corrected chi connectivity index (χ1v) is 7.88. The third kappa shape index (κ3) is 2.52. The third-order valence-corrected chi connectivity index (χ3v) is 5.39. The average molecular weight is 268 g/mol. The van der Waals surface area contributed by atoms with Crippen LogP contribution in [-0.2, 0) is 16.4 Å². The third-order valence-electron chi connectivity index (χ3n) is 3.40. The van der Waals surface area contributed by atoms with Gasteiger partial charge in [-0.15, -0.1) is 0 Å². The van der Waals surface area contributed by atoms with Gasteiger partial charge >= 0.3 is 0 Å². The average Bonchev–Trinajstić information content (AvgIpc) is 2.39. The van der Waals surface area contributed by atoms with Crippen molar-refractivity contribution in [2.45, 2.75) is 37.5 Å². The van der Waals surface area contributed by atoms with Crippen molar-refractivity contribution in [1.29, 1.82) is 0 Å². The van der Waals surface area contributed by atoms with Crippen molar-refractivity contribution >= 4 is 15.7 Å². The molecule has 1 fully saturated rings. The molecule has 0 bridgehead atoms. The number of aryl methyl sites for hydroxylation is 1. The largest absolute Gasteiger partial charge is 0.399 e. The van der Waals surface area contributed by atoms with Gasteiger partial charge in [0.05, 0.1) is 4.90 Å². The van der Waals surface area contributed by atoms with E-state index in [1.54, 1.807) is 16.4 Å². The predicted molar refractivity (Wildman–Crippen MR) is 72.8 cm³/mol. The normalized spacial score (nSPS) is 17.8. The Balaban J connectivity index is 2.42. The summed E-state index contributed by atoms with van der Waals surface area (Å²) in [6.45, 7) is 3.21. The topological polar surface area (TPSA) is 63.4 Å². The standard InChI is InChI=1S/C13H20N2O2S/c1-2-11-6-7-12(14)10-13(11)18(16,17)15-8-4-3-5-9-15/h6-7,10H,2-5,8-9,14H2,1H3. The molecule has 1 aliphatic rings. The van der Waals surface area contributed by atoms with Crippen molar-refractivity contribution in [2.24, 2.45) is 0 Å². The highest BCUT2D eigenvalue weighted by Gasteiger charge is 2.27. The lowest BCUT2D eigenvalue weighted by Crippen LogP contribution is -2.36. The van der Waals surface area contributed by atoms with Crippen LogP contribution < -0.4 is 5.73 Å². The maximum absolute atomic E-state index is 12.6. The van der Waals surface area contributed by atoms with Gasteiger partial charge in [0.15, 0.2) is 0 Å². The van der Waals surface area contributed by atoms with Gasteiger partial charge < -0.3 is 5.73 Å². The molecule has 1 aromatic carbocycles. The molecule has 0 atom stereocenters. The lowest BCUT2D eigenvalue weighted by Gasteiger charge is -2.26. The number of hydrogen-bond donors (Lipinski definition) is 1. The molecule has 2 rings (SSSR count). The summed E-state index contributed by atoms with van der Waals surface area (Å²) in [4.78, 5) is 0.381. The summed E-state index contributed by atoms with van der Waals surface area (Å²) >= 11 is 0. The molecule has 1 saturated heterocycles. The monoisotopic (exact) mass is 268 g/mol. The number of hydrogen-bond acceptors (Lipinski definition) is 3. The van der Waals surface area contributed by atoms with Gasteiger partial charge in [0.1, 0.15) is 0 Å². The van der Waals surface area contributed by atoms with Gasteiger partial charge in [-0.25, -0.2) is 8.42 Å². The SMILES string of the molecule is CCc1ccc(N)cc1S(=O)(=O)N1CCCCC1. The summed E-state index contributed by atoms with van der Waals surface area (Å²) in [5.41, 5.74) is 7.07. The molecule has 0 spiro atoms. The smallest absolute Gasteiger partial charge is 0.243 e. The van der Waals surface area contributed by atoms with Gasteiger partial charge in [0.2, 0.25) is 10.0 Å². The van der Waals surface area contributed by atoms with Gasteiger partial charge in [-0.3, -0.25) is 0 Å². The number of benzene rings is 1. The minimum absolute atomic E-state index is 0.381. The molecule has 0 aliphatic carbocycles. The highest BCUT2D eigenvalue weighted by molar-refractivity contribution is 7.89. The molecule has 0 radical (unpaired) electrons. The summed E-state index contributed by atoms with van der Waals surface area (Å²) in [6.07, 6.45) is 3.71. The van der Waals surface area contributed by atoms with E-state index in [9.17, 15) is 8.42 Å². The van der Waals surface area contributed by atoms with Gasteiger partial charge in [-0.1, -0.05) is 19.4 Å². The second-order valence-corrected chi connectivity index (χ2v) is 6.59. The molecule has 5 heteroatoms. The number of anilines is 1. The first-order chi connectivity index (χ1) is 8.55. The van der Waals surface area contributed by atoms with Gasteiger partial charge in [0.25, 0.3) is 0 Å².